The van der Waals surface area contributed by atoms with Crippen LogP contribution in [-0.4, -0.2) is 48.7 Å². The van der Waals surface area contributed by atoms with E-state index in [4.69, 9.17) is 4.74 Å². The number of anilines is 2. The molecule has 1 atom stereocenters. The zero-order valence-electron chi connectivity index (χ0n) is 15.9. The largest absolute Gasteiger partial charge is 0.380 e. The summed E-state index contributed by atoms with van der Waals surface area (Å²) in [5.41, 5.74) is 3.23. The van der Waals surface area contributed by atoms with Crippen LogP contribution in [0.3, 0.4) is 0 Å². The van der Waals surface area contributed by atoms with Crippen molar-refractivity contribution in [3.8, 4) is 0 Å². The van der Waals surface area contributed by atoms with Crippen LogP contribution in [0, 0.1) is 6.92 Å². The fraction of sp³-hybridized carbons (Fsp3) is 0.667. The second kappa shape index (κ2) is 7.57. The number of amides is 1. The molecule has 142 valence electrons. The van der Waals surface area contributed by atoms with E-state index in [1.54, 1.807) is 0 Å². The maximum absolute atomic E-state index is 12.4. The highest BCUT2D eigenvalue weighted by molar-refractivity contribution is 5.93. The minimum absolute atomic E-state index is 0.0878. The highest BCUT2D eigenvalue weighted by atomic mass is 16.5. The molecule has 1 spiro atoms. The monoisotopic (exact) mass is 357 g/mol. The van der Waals surface area contributed by atoms with Crippen molar-refractivity contribution in [2.75, 3.05) is 36.9 Å². The van der Waals surface area contributed by atoms with Crippen molar-refractivity contribution in [3.05, 3.63) is 23.8 Å². The van der Waals surface area contributed by atoms with Gasteiger partial charge in [0.05, 0.1) is 24.8 Å². The first-order valence-electron chi connectivity index (χ1n) is 10.2. The van der Waals surface area contributed by atoms with Crippen LogP contribution in [-0.2, 0) is 9.53 Å². The van der Waals surface area contributed by atoms with Crippen molar-refractivity contribution in [2.45, 2.75) is 63.5 Å². The number of hydrogen-bond donors (Lipinski definition) is 2. The zero-order chi connectivity index (χ0) is 18.0. The molecular weight excluding hydrogens is 326 g/mol. The molecule has 2 aliphatic heterocycles. The Hall–Kier alpha value is -1.59. The molecule has 2 N–H and O–H groups in total. The summed E-state index contributed by atoms with van der Waals surface area (Å²) in [6.45, 7) is 5.40. The third kappa shape index (κ3) is 4.04. The molecule has 0 radical (unpaired) electrons. The van der Waals surface area contributed by atoms with Gasteiger partial charge in [-0.1, -0.05) is 12.5 Å². The van der Waals surface area contributed by atoms with E-state index in [1.165, 1.54) is 38.5 Å². The van der Waals surface area contributed by atoms with Gasteiger partial charge in [0.1, 0.15) is 0 Å². The van der Waals surface area contributed by atoms with Crippen LogP contribution in [0.2, 0.25) is 0 Å². The summed E-state index contributed by atoms with van der Waals surface area (Å²) in [6.07, 6.45) is 8.50. The Balaban J connectivity index is 1.34. The molecule has 5 nitrogen and oxygen atoms in total. The van der Waals surface area contributed by atoms with Crippen molar-refractivity contribution in [2.24, 2.45) is 0 Å². The van der Waals surface area contributed by atoms with Gasteiger partial charge in [0, 0.05) is 11.4 Å². The minimum atomic E-state index is 0.0878. The lowest BCUT2D eigenvalue weighted by molar-refractivity contribution is -0.117. The molecule has 1 amide bonds. The van der Waals surface area contributed by atoms with Crippen molar-refractivity contribution in [3.63, 3.8) is 0 Å². The van der Waals surface area contributed by atoms with E-state index in [0.29, 0.717) is 12.6 Å². The fourth-order valence-corrected chi connectivity index (χ4v) is 4.45. The molecule has 1 aromatic rings. The normalized spacial score (nSPS) is 25.0. The van der Waals surface area contributed by atoms with Crippen molar-refractivity contribution in [1.82, 2.24) is 4.90 Å². The van der Waals surface area contributed by atoms with E-state index in [1.807, 2.05) is 6.92 Å². The SMILES string of the molecule is Cc1ccc(NC2COC3(CCC3)C2)cc1NC(=O)CN1CCCCC1. The number of rotatable bonds is 5. The summed E-state index contributed by atoms with van der Waals surface area (Å²) in [6, 6.07) is 6.61. The van der Waals surface area contributed by atoms with Gasteiger partial charge in [0.15, 0.2) is 0 Å². The number of carbonyl (C=O) groups is 1. The van der Waals surface area contributed by atoms with Gasteiger partial charge in [-0.05, 0) is 76.2 Å². The van der Waals surface area contributed by atoms with E-state index in [0.717, 1.165) is 43.1 Å². The molecular formula is C21H31N3O2. The van der Waals surface area contributed by atoms with Crippen LogP contribution < -0.4 is 10.6 Å². The lowest BCUT2D eigenvalue weighted by Gasteiger charge is -2.37. The summed E-state index contributed by atoms with van der Waals surface area (Å²) in [7, 11) is 0. The van der Waals surface area contributed by atoms with E-state index in [9.17, 15) is 4.79 Å². The van der Waals surface area contributed by atoms with Crippen molar-refractivity contribution < 1.29 is 9.53 Å². The van der Waals surface area contributed by atoms with Crippen LogP contribution >= 0.6 is 0 Å². The molecule has 1 aliphatic carbocycles. The van der Waals surface area contributed by atoms with Gasteiger partial charge in [-0.2, -0.15) is 0 Å². The lowest BCUT2D eigenvalue weighted by atomic mass is 9.77. The zero-order valence-corrected chi connectivity index (χ0v) is 15.9. The van der Waals surface area contributed by atoms with Crippen LogP contribution in [0.1, 0.15) is 50.5 Å². The van der Waals surface area contributed by atoms with E-state index < -0.39 is 0 Å². The number of piperidine rings is 1. The Kier molecular flexibility index (Phi) is 5.18. The summed E-state index contributed by atoms with van der Waals surface area (Å²) < 4.78 is 6.03. The van der Waals surface area contributed by atoms with Gasteiger partial charge in [-0.25, -0.2) is 0 Å². The van der Waals surface area contributed by atoms with Gasteiger partial charge in [-0.3, -0.25) is 9.69 Å². The minimum Gasteiger partial charge on any atom is -0.380 e. The van der Waals surface area contributed by atoms with Gasteiger partial charge in [0.25, 0.3) is 0 Å². The fourth-order valence-electron chi connectivity index (χ4n) is 4.45. The van der Waals surface area contributed by atoms with Gasteiger partial charge in [0.2, 0.25) is 5.91 Å². The van der Waals surface area contributed by atoms with E-state index in [2.05, 4.69) is 33.7 Å². The maximum atomic E-state index is 12.4. The number of hydrogen-bond acceptors (Lipinski definition) is 4. The molecule has 26 heavy (non-hydrogen) atoms. The molecule has 0 aromatic heterocycles. The Bertz CT molecular complexity index is 651. The molecule has 3 aliphatic rings. The molecule has 1 saturated carbocycles. The quantitative estimate of drug-likeness (QED) is 0.846. The third-order valence-corrected chi connectivity index (χ3v) is 6.17. The first-order valence-corrected chi connectivity index (χ1v) is 10.2. The van der Waals surface area contributed by atoms with Crippen LogP contribution in [0.5, 0.6) is 0 Å². The first-order chi connectivity index (χ1) is 12.6. The molecule has 1 unspecified atom stereocenters. The number of nitrogens with zero attached hydrogens (tertiary/aromatic N) is 1. The number of carbonyl (C=O) groups excluding carboxylic acids is 1. The van der Waals surface area contributed by atoms with Gasteiger partial charge in [-0.15, -0.1) is 0 Å². The predicted molar refractivity (Wildman–Crippen MR) is 105 cm³/mol. The Morgan fingerprint density at radius 3 is 2.73 bits per heavy atom. The summed E-state index contributed by atoms with van der Waals surface area (Å²) in [4.78, 5) is 14.7. The number of benzene rings is 1. The van der Waals surface area contributed by atoms with Crippen LogP contribution in [0.4, 0.5) is 11.4 Å². The van der Waals surface area contributed by atoms with E-state index >= 15 is 0 Å². The molecule has 2 saturated heterocycles. The standard InChI is InChI=1S/C21H31N3O2/c1-16-6-7-17(22-18-13-21(26-15-18)8-5-9-21)12-19(16)23-20(25)14-24-10-3-2-4-11-24/h6-7,12,18,22H,2-5,8-11,13-15H2,1H3,(H,23,25). The van der Waals surface area contributed by atoms with Gasteiger partial charge >= 0.3 is 0 Å². The maximum Gasteiger partial charge on any atom is 0.238 e. The number of nitrogens with one attached hydrogen (secondary N) is 2. The smallest absolute Gasteiger partial charge is 0.238 e. The number of aryl methyl sites for hydroxylation is 1. The molecule has 2 heterocycles. The van der Waals surface area contributed by atoms with Crippen molar-refractivity contribution >= 4 is 17.3 Å². The highest BCUT2D eigenvalue weighted by Crippen LogP contribution is 2.43. The summed E-state index contributed by atoms with van der Waals surface area (Å²) in [5, 5.41) is 6.71. The number of likely N-dealkylation sites (tertiary alicyclic amines) is 1. The molecule has 3 fully saturated rings. The second-order valence-electron chi connectivity index (χ2n) is 8.31. The number of ether oxygens (including phenoxy) is 1. The Labute approximate surface area is 156 Å². The van der Waals surface area contributed by atoms with Crippen molar-refractivity contribution in [1.29, 1.82) is 0 Å². The van der Waals surface area contributed by atoms with Gasteiger partial charge < -0.3 is 15.4 Å². The highest BCUT2D eigenvalue weighted by Gasteiger charge is 2.44. The lowest BCUT2D eigenvalue weighted by Crippen LogP contribution is -2.37. The first kappa shape index (κ1) is 17.8. The second-order valence-corrected chi connectivity index (χ2v) is 8.31. The Morgan fingerprint density at radius 2 is 2.04 bits per heavy atom. The van der Waals surface area contributed by atoms with Crippen LogP contribution in [0.25, 0.3) is 0 Å². The average molecular weight is 357 g/mol. The molecule has 1 aromatic carbocycles. The Morgan fingerprint density at radius 1 is 1.23 bits per heavy atom. The summed E-state index contributed by atoms with van der Waals surface area (Å²) in [5.74, 6) is 0.0878. The molecule has 0 bridgehead atoms. The molecule has 5 heteroatoms. The van der Waals surface area contributed by atoms with Crippen LogP contribution in [0.15, 0.2) is 18.2 Å². The average Bonchev–Trinajstić information content (AvgIpc) is 3.03. The predicted octanol–water partition coefficient (Wildman–Crippen LogP) is 3.54. The topological polar surface area (TPSA) is 53.6 Å². The third-order valence-electron chi connectivity index (χ3n) is 6.17. The summed E-state index contributed by atoms with van der Waals surface area (Å²) >= 11 is 0. The van der Waals surface area contributed by atoms with E-state index in [-0.39, 0.29) is 11.5 Å². The molecule has 4 rings (SSSR count).